The third-order valence-corrected chi connectivity index (χ3v) is 6.45. The second-order valence-electron chi connectivity index (χ2n) is 7.58. The zero-order chi connectivity index (χ0) is 24.5. The number of amides is 4. The van der Waals surface area contributed by atoms with E-state index in [9.17, 15) is 14.4 Å². The lowest BCUT2D eigenvalue weighted by Crippen LogP contribution is -2.54. The van der Waals surface area contributed by atoms with Crippen LogP contribution in [0.3, 0.4) is 0 Å². The molecule has 2 heterocycles. The second-order valence-corrected chi connectivity index (χ2v) is 9.29. The predicted octanol–water partition coefficient (Wildman–Crippen LogP) is 5.19. The molecule has 5 rings (SSSR count). The number of nitrogens with zero attached hydrogens (tertiary/aromatic N) is 1. The number of hydrogen-bond donors (Lipinski definition) is 1. The molecule has 2 aliphatic rings. The molecule has 0 aliphatic carbocycles. The Hall–Kier alpha value is -3.63. The summed E-state index contributed by atoms with van der Waals surface area (Å²) in [7, 11) is 0. The quantitative estimate of drug-likeness (QED) is 0.321. The van der Waals surface area contributed by atoms with Crippen molar-refractivity contribution in [3.63, 3.8) is 0 Å². The minimum Gasteiger partial charge on any atom is -0.487 e. The van der Waals surface area contributed by atoms with Crippen molar-refractivity contribution < 1.29 is 28.6 Å². The van der Waals surface area contributed by atoms with Crippen LogP contribution in [0.1, 0.15) is 11.1 Å². The third-order valence-electron chi connectivity index (χ3n) is 5.27. The Kier molecular flexibility index (Phi) is 6.31. The molecule has 0 aromatic heterocycles. The van der Waals surface area contributed by atoms with Gasteiger partial charge in [-0.1, -0.05) is 30.3 Å². The smallest absolute Gasteiger partial charge is 0.335 e. The first-order valence-electron chi connectivity index (χ1n) is 10.4. The zero-order valence-corrected chi connectivity index (χ0v) is 21.1. The standard InChI is InChI=1S/C25H16Br2N2O6/c26-18-9-15(10-19(27)22(18)33-12-14-4-2-1-3-5-14)8-17-23(30)28-25(32)29(24(17)31)16-6-7-20-21(11-16)35-13-34-20/h1-11H,12-13H2,(H,28,30,32)/b17-8+. The summed E-state index contributed by atoms with van der Waals surface area (Å²) in [6.45, 7) is 0.420. The van der Waals surface area contributed by atoms with Gasteiger partial charge >= 0.3 is 6.03 Å². The number of anilines is 1. The van der Waals surface area contributed by atoms with Crippen LogP contribution in [0.5, 0.6) is 17.2 Å². The average Bonchev–Trinajstić information content (AvgIpc) is 3.30. The third kappa shape index (κ3) is 4.67. The number of imide groups is 2. The molecule has 0 spiro atoms. The normalized spacial score (nSPS) is 16.0. The van der Waals surface area contributed by atoms with Crippen molar-refractivity contribution in [3.05, 3.63) is 86.3 Å². The van der Waals surface area contributed by atoms with Crippen molar-refractivity contribution in [1.29, 1.82) is 0 Å². The molecule has 2 aliphatic heterocycles. The maximum absolute atomic E-state index is 13.2. The molecular weight excluding hydrogens is 584 g/mol. The van der Waals surface area contributed by atoms with Gasteiger partial charge in [-0.2, -0.15) is 0 Å². The van der Waals surface area contributed by atoms with Gasteiger partial charge in [0.1, 0.15) is 17.9 Å². The summed E-state index contributed by atoms with van der Waals surface area (Å²) < 4.78 is 17.8. The largest absolute Gasteiger partial charge is 0.487 e. The maximum atomic E-state index is 13.2. The number of carbonyl (C=O) groups is 3. The number of fused-ring (bicyclic) bond motifs is 1. The van der Waals surface area contributed by atoms with Crippen LogP contribution in [-0.4, -0.2) is 24.6 Å². The van der Waals surface area contributed by atoms with Gasteiger partial charge in [0.2, 0.25) is 6.79 Å². The van der Waals surface area contributed by atoms with Gasteiger partial charge in [0.15, 0.2) is 11.5 Å². The van der Waals surface area contributed by atoms with E-state index in [2.05, 4.69) is 37.2 Å². The van der Waals surface area contributed by atoms with Crippen LogP contribution >= 0.6 is 31.9 Å². The van der Waals surface area contributed by atoms with Crippen LogP contribution in [0.2, 0.25) is 0 Å². The number of halogens is 2. The number of benzene rings is 3. The summed E-state index contributed by atoms with van der Waals surface area (Å²) in [6, 6.07) is 17.0. The fraction of sp³-hybridized carbons (Fsp3) is 0.0800. The number of barbiturate groups is 1. The van der Waals surface area contributed by atoms with E-state index in [0.29, 0.717) is 38.4 Å². The fourth-order valence-corrected chi connectivity index (χ4v) is 5.06. The van der Waals surface area contributed by atoms with Crippen LogP contribution in [0.25, 0.3) is 6.08 Å². The first-order chi connectivity index (χ1) is 16.9. The van der Waals surface area contributed by atoms with E-state index in [0.717, 1.165) is 10.5 Å². The molecular formula is C25H16Br2N2O6. The Morgan fingerprint density at radius 2 is 1.66 bits per heavy atom. The zero-order valence-electron chi connectivity index (χ0n) is 17.9. The lowest BCUT2D eigenvalue weighted by atomic mass is 10.1. The average molecular weight is 600 g/mol. The van der Waals surface area contributed by atoms with Crippen molar-refractivity contribution in [2.24, 2.45) is 0 Å². The highest BCUT2D eigenvalue weighted by Crippen LogP contribution is 2.38. The van der Waals surface area contributed by atoms with E-state index >= 15 is 0 Å². The summed E-state index contributed by atoms with van der Waals surface area (Å²) in [4.78, 5) is 39.1. The first kappa shape index (κ1) is 23.1. The maximum Gasteiger partial charge on any atom is 0.335 e. The van der Waals surface area contributed by atoms with Crippen LogP contribution in [-0.2, 0) is 16.2 Å². The second kappa shape index (κ2) is 9.55. The van der Waals surface area contributed by atoms with Gasteiger partial charge in [-0.15, -0.1) is 0 Å². The van der Waals surface area contributed by atoms with E-state index in [1.165, 1.54) is 12.1 Å². The molecule has 0 saturated carbocycles. The van der Waals surface area contributed by atoms with Gasteiger partial charge in [-0.3, -0.25) is 14.9 Å². The number of carbonyl (C=O) groups excluding carboxylic acids is 3. The van der Waals surface area contributed by atoms with E-state index in [-0.39, 0.29) is 18.1 Å². The molecule has 1 saturated heterocycles. The molecule has 8 nitrogen and oxygen atoms in total. The summed E-state index contributed by atoms with van der Waals surface area (Å²) in [5, 5.41) is 2.21. The van der Waals surface area contributed by atoms with Gasteiger partial charge in [0.05, 0.1) is 14.6 Å². The number of hydrogen-bond acceptors (Lipinski definition) is 6. The summed E-state index contributed by atoms with van der Waals surface area (Å²) in [5.74, 6) is -0.0466. The molecule has 0 atom stereocenters. The van der Waals surface area contributed by atoms with Gasteiger partial charge in [0, 0.05) is 6.07 Å². The predicted molar refractivity (Wildman–Crippen MR) is 134 cm³/mol. The molecule has 0 radical (unpaired) electrons. The topological polar surface area (TPSA) is 94.2 Å². The Bertz CT molecular complexity index is 1370. The van der Waals surface area contributed by atoms with Crippen LogP contribution in [0.15, 0.2) is 75.2 Å². The van der Waals surface area contributed by atoms with Gasteiger partial charge < -0.3 is 14.2 Å². The molecule has 4 amide bonds. The van der Waals surface area contributed by atoms with E-state index in [1.807, 2.05) is 30.3 Å². The van der Waals surface area contributed by atoms with Crippen molar-refractivity contribution >= 4 is 61.5 Å². The van der Waals surface area contributed by atoms with Crippen LogP contribution < -0.4 is 24.4 Å². The van der Waals surface area contributed by atoms with Gasteiger partial charge in [-0.25, -0.2) is 9.69 Å². The minimum atomic E-state index is -0.844. The summed E-state index contributed by atoms with van der Waals surface area (Å²) >= 11 is 6.99. The number of nitrogens with one attached hydrogen (secondary N) is 1. The molecule has 0 unspecified atom stereocenters. The fourth-order valence-electron chi connectivity index (χ4n) is 3.61. The highest BCUT2D eigenvalue weighted by molar-refractivity contribution is 9.11. The lowest BCUT2D eigenvalue weighted by Gasteiger charge is -2.26. The molecule has 176 valence electrons. The number of rotatable bonds is 5. The van der Waals surface area contributed by atoms with Gasteiger partial charge in [0.25, 0.3) is 11.8 Å². The Morgan fingerprint density at radius 1 is 0.943 bits per heavy atom. The molecule has 3 aromatic carbocycles. The number of ether oxygens (including phenoxy) is 3. The van der Waals surface area contributed by atoms with Crippen molar-refractivity contribution in [3.8, 4) is 17.2 Å². The van der Waals surface area contributed by atoms with Crippen molar-refractivity contribution in [2.45, 2.75) is 6.61 Å². The van der Waals surface area contributed by atoms with Gasteiger partial charge in [-0.05, 0) is 73.3 Å². The molecule has 1 fully saturated rings. The van der Waals surface area contributed by atoms with E-state index < -0.39 is 17.8 Å². The highest BCUT2D eigenvalue weighted by Gasteiger charge is 2.37. The molecule has 35 heavy (non-hydrogen) atoms. The summed E-state index contributed by atoms with van der Waals surface area (Å²) in [6.07, 6.45) is 1.42. The SMILES string of the molecule is O=C1NC(=O)N(c2ccc3c(c2)OCO3)C(=O)/C1=C/c1cc(Br)c(OCc2ccccc2)c(Br)c1. The number of urea groups is 1. The van der Waals surface area contributed by atoms with Crippen LogP contribution in [0, 0.1) is 0 Å². The monoisotopic (exact) mass is 598 g/mol. The highest BCUT2D eigenvalue weighted by atomic mass is 79.9. The van der Waals surface area contributed by atoms with E-state index in [4.69, 9.17) is 14.2 Å². The molecule has 1 N–H and O–H groups in total. The Morgan fingerprint density at radius 3 is 2.40 bits per heavy atom. The Balaban J connectivity index is 1.42. The van der Waals surface area contributed by atoms with E-state index in [1.54, 1.807) is 24.3 Å². The molecule has 0 bridgehead atoms. The lowest BCUT2D eigenvalue weighted by molar-refractivity contribution is -0.122. The van der Waals surface area contributed by atoms with Crippen LogP contribution in [0.4, 0.5) is 10.5 Å². The molecule has 3 aromatic rings. The van der Waals surface area contributed by atoms with Crippen molar-refractivity contribution in [2.75, 3.05) is 11.7 Å². The summed E-state index contributed by atoms with van der Waals surface area (Å²) in [5.41, 5.74) is 1.62. The first-order valence-corrected chi connectivity index (χ1v) is 12.0. The minimum absolute atomic E-state index is 0.0530. The van der Waals surface area contributed by atoms with Crippen molar-refractivity contribution in [1.82, 2.24) is 5.32 Å². The Labute approximate surface area is 216 Å². The molecule has 10 heteroatoms.